The molecule has 1 aliphatic carbocycles. The lowest BCUT2D eigenvalue weighted by Crippen LogP contribution is -2.28. The predicted octanol–water partition coefficient (Wildman–Crippen LogP) is 2.68. The molecule has 0 N–H and O–H groups in total. The number of anilines is 1. The zero-order valence-corrected chi connectivity index (χ0v) is 10.9. The second-order valence-corrected chi connectivity index (χ2v) is 5.30. The molecule has 106 valence electrons. The molecule has 0 bridgehead atoms. The Hall–Kier alpha value is -1.76. The van der Waals surface area contributed by atoms with Gasteiger partial charge in [0.25, 0.3) is 5.92 Å². The molecule has 0 amide bonds. The van der Waals surface area contributed by atoms with Crippen molar-refractivity contribution in [3.8, 4) is 0 Å². The van der Waals surface area contributed by atoms with Crippen LogP contribution in [-0.4, -0.2) is 28.9 Å². The number of nitro groups is 1. The van der Waals surface area contributed by atoms with E-state index in [0.29, 0.717) is 11.4 Å². The maximum Gasteiger partial charge on any atom is 0.258 e. The molecule has 2 aliphatic rings. The number of fused-ring (bicyclic) bond motifs is 1. The zero-order valence-electron chi connectivity index (χ0n) is 10.2. The molecular formula is C12H10ClF2N3O2. The summed E-state index contributed by atoms with van der Waals surface area (Å²) in [5.41, 5.74) is 0.418. The first-order valence-electron chi connectivity index (χ1n) is 6.00. The summed E-state index contributed by atoms with van der Waals surface area (Å²) < 4.78 is 26.2. The third kappa shape index (κ3) is 2.11. The Balaban J connectivity index is 1.74. The van der Waals surface area contributed by atoms with Crippen molar-refractivity contribution in [2.24, 2.45) is 11.8 Å². The fourth-order valence-corrected chi connectivity index (χ4v) is 2.78. The van der Waals surface area contributed by atoms with Gasteiger partial charge < -0.3 is 4.90 Å². The second-order valence-electron chi connectivity index (χ2n) is 4.94. The fourth-order valence-electron chi connectivity index (χ4n) is 2.57. The van der Waals surface area contributed by atoms with Gasteiger partial charge in [0.15, 0.2) is 0 Å². The lowest BCUT2D eigenvalue weighted by Gasteiger charge is -2.21. The van der Waals surface area contributed by atoms with Gasteiger partial charge in [-0.15, -0.1) is 0 Å². The maximum atomic E-state index is 13.1. The Morgan fingerprint density at radius 2 is 2.10 bits per heavy atom. The first-order chi connectivity index (χ1) is 9.39. The molecule has 2 unspecified atom stereocenters. The number of halogens is 3. The number of pyridine rings is 1. The Labute approximate surface area is 118 Å². The van der Waals surface area contributed by atoms with Crippen LogP contribution in [0.3, 0.4) is 0 Å². The van der Waals surface area contributed by atoms with Gasteiger partial charge in [0, 0.05) is 24.7 Å². The van der Waals surface area contributed by atoms with E-state index in [1.807, 2.05) is 0 Å². The lowest BCUT2D eigenvalue weighted by molar-refractivity contribution is -0.400. The molecule has 1 aromatic rings. The number of nitrogens with zero attached hydrogens (tertiary/aromatic N) is 3. The summed E-state index contributed by atoms with van der Waals surface area (Å²) in [6, 6.07) is 3.22. The minimum absolute atomic E-state index is 0.118. The van der Waals surface area contributed by atoms with Crippen molar-refractivity contribution in [2.75, 3.05) is 18.0 Å². The molecule has 2 atom stereocenters. The van der Waals surface area contributed by atoms with Crippen LogP contribution in [0.5, 0.6) is 0 Å². The topological polar surface area (TPSA) is 59.3 Å². The molecule has 1 aromatic heterocycles. The number of aromatic nitrogens is 1. The zero-order chi connectivity index (χ0) is 14.5. The van der Waals surface area contributed by atoms with Gasteiger partial charge in [-0.3, -0.25) is 10.1 Å². The summed E-state index contributed by atoms with van der Waals surface area (Å²) in [4.78, 5) is 15.5. The Bertz CT molecular complexity index is 594. The number of piperidine rings is 1. The molecule has 1 aliphatic heterocycles. The average molecular weight is 302 g/mol. The monoisotopic (exact) mass is 301 g/mol. The molecule has 1 saturated carbocycles. The first-order valence-corrected chi connectivity index (χ1v) is 6.38. The summed E-state index contributed by atoms with van der Waals surface area (Å²) in [5, 5.41) is 10.4. The van der Waals surface area contributed by atoms with Crippen LogP contribution in [0.15, 0.2) is 18.3 Å². The van der Waals surface area contributed by atoms with Crippen LogP contribution < -0.4 is 4.90 Å². The minimum atomic E-state index is -2.53. The van der Waals surface area contributed by atoms with E-state index < -0.39 is 22.7 Å². The molecule has 5 nitrogen and oxygen atoms in total. The minimum Gasteiger partial charge on any atom is -0.356 e. The van der Waals surface area contributed by atoms with Crippen molar-refractivity contribution in [1.29, 1.82) is 0 Å². The Kier molecular flexibility index (Phi) is 2.89. The third-order valence-corrected chi connectivity index (χ3v) is 4.06. The molecular weight excluding hydrogens is 292 g/mol. The van der Waals surface area contributed by atoms with Crippen molar-refractivity contribution >= 4 is 23.5 Å². The van der Waals surface area contributed by atoms with Crippen LogP contribution in [0.2, 0.25) is 5.15 Å². The molecule has 2 heterocycles. The lowest BCUT2D eigenvalue weighted by atomic mass is 10.2. The van der Waals surface area contributed by atoms with Crippen LogP contribution >= 0.6 is 11.6 Å². The first kappa shape index (κ1) is 13.2. The van der Waals surface area contributed by atoms with E-state index in [2.05, 4.69) is 4.98 Å². The van der Waals surface area contributed by atoms with Gasteiger partial charge in [0.05, 0.1) is 16.8 Å². The highest BCUT2D eigenvalue weighted by atomic mass is 35.5. The predicted molar refractivity (Wildman–Crippen MR) is 69.4 cm³/mol. The van der Waals surface area contributed by atoms with Crippen molar-refractivity contribution in [3.63, 3.8) is 0 Å². The van der Waals surface area contributed by atoms with E-state index in [0.717, 1.165) is 6.20 Å². The van der Waals surface area contributed by atoms with Gasteiger partial charge in [0.1, 0.15) is 11.0 Å². The summed E-state index contributed by atoms with van der Waals surface area (Å²) in [5.74, 6) is -3.18. The van der Waals surface area contributed by atoms with E-state index >= 15 is 0 Å². The van der Waals surface area contributed by atoms with Gasteiger partial charge in [-0.2, -0.15) is 0 Å². The van der Waals surface area contributed by atoms with Crippen LogP contribution in [0, 0.1) is 22.0 Å². The SMILES string of the molecule is O=[N+]([O-])/C=C/c1ccc(N2CC3C(C2)C3(F)F)nc1Cl. The maximum absolute atomic E-state index is 13.1. The molecule has 0 spiro atoms. The molecule has 2 fully saturated rings. The van der Waals surface area contributed by atoms with Crippen molar-refractivity contribution in [3.05, 3.63) is 39.2 Å². The number of rotatable bonds is 3. The normalized spacial score (nSPS) is 26.9. The van der Waals surface area contributed by atoms with Gasteiger partial charge in [-0.25, -0.2) is 13.8 Å². The van der Waals surface area contributed by atoms with Crippen LogP contribution in [0.25, 0.3) is 6.08 Å². The summed E-state index contributed by atoms with van der Waals surface area (Å²) in [6.45, 7) is 0.538. The van der Waals surface area contributed by atoms with E-state index in [-0.39, 0.29) is 18.2 Å². The number of hydrogen-bond donors (Lipinski definition) is 0. The average Bonchev–Trinajstić information content (AvgIpc) is 2.79. The van der Waals surface area contributed by atoms with E-state index in [1.54, 1.807) is 17.0 Å². The summed E-state index contributed by atoms with van der Waals surface area (Å²) in [7, 11) is 0. The van der Waals surface area contributed by atoms with Crippen LogP contribution in [-0.2, 0) is 0 Å². The fraction of sp³-hybridized carbons (Fsp3) is 0.417. The van der Waals surface area contributed by atoms with Gasteiger partial charge in [-0.05, 0) is 12.1 Å². The highest BCUT2D eigenvalue weighted by Crippen LogP contribution is 2.59. The highest BCUT2D eigenvalue weighted by Gasteiger charge is 2.71. The Morgan fingerprint density at radius 3 is 2.65 bits per heavy atom. The van der Waals surface area contributed by atoms with Crippen molar-refractivity contribution in [2.45, 2.75) is 5.92 Å². The van der Waals surface area contributed by atoms with Gasteiger partial charge in [-0.1, -0.05) is 11.6 Å². The van der Waals surface area contributed by atoms with E-state index in [9.17, 15) is 18.9 Å². The van der Waals surface area contributed by atoms with Crippen LogP contribution in [0.1, 0.15) is 5.56 Å². The third-order valence-electron chi connectivity index (χ3n) is 3.76. The molecule has 8 heteroatoms. The smallest absolute Gasteiger partial charge is 0.258 e. The largest absolute Gasteiger partial charge is 0.356 e. The Morgan fingerprint density at radius 1 is 1.45 bits per heavy atom. The van der Waals surface area contributed by atoms with Crippen molar-refractivity contribution in [1.82, 2.24) is 4.98 Å². The number of hydrogen-bond acceptors (Lipinski definition) is 4. The second kappa shape index (κ2) is 4.37. The summed E-state index contributed by atoms with van der Waals surface area (Å²) in [6.07, 6.45) is 2.02. The summed E-state index contributed by atoms with van der Waals surface area (Å²) >= 11 is 5.94. The quantitative estimate of drug-likeness (QED) is 0.489. The van der Waals surface area contributed by atoms with E-state index in [1.165, 1.54) is 6.08 Å². The molecule has 0 radical (unpaired) electrons. The molecule has 3 rings (SSSR count). The van der Waals surface area contributed by atoms with E-state index in [4.69, 9.17) is 11.6 Å². The molecule has 20 heavy (non-hydrogen) atoms. The van der Waals surface area contributed by atoms with Gasteiger partial charge >= 0.3 is 0 Å². The highest BCUT2D eigenvalue weighted by molar-refractivity contribution is 6.31. The molecule has 0 aromatic carbocycles. The number of alkyl halides is 2. The molecule has 1 saturated heterocycles. The van der Waals surface area contributed by atoms with Crippen molar-refractivity contribution < 1.29 is 13.7 Å². The van der Waals surface area contributed by atoms with Gasteiger partial charge in [0.2, 0.25) is 6.20 Å². The standard InChI is InChI=1S/C12H10ClF2N3O2/c13-11-7(3-4-18(19)20)1-2-10(16-11)17-5-8-9(6-17)12(8,14)15/h1-4,8-9H,5-6H2/b4-3+. The van der Waals surface area contributed by atoms with Crippen LogP contribution in [0.4, 0.5) is 14.6 Å².